The van der Waals surface area contributed by atoms with Gasteiger partial charge in [-0.15, -0.1) is 0 Å². The Labute approximate surface area is 248 Å². The average molecular weight is 585 g/mol. The van der Waals surface area contributed by atoms with Crippen LogP contribution < -0.4 is 20.5 Å². The zero-order chi connectivity index (χ0) is 28.9. The van der Waals surface area contributed by atoms with Crippen LogP contribution in [0.15, 0.2) is 23.0 Å². The molecule has 8 nitrogen and oxygen atoms in total. The Morgan fingerprint density at radius 2 is 1.88 bits per heavy atom. The van der Waals surface area contributed by atoms with Crippen LogP contribution >= 0.6 is 11.6 Å². The van der Waals surface area contributed by atoms with Crippen LogP contribution in [0.1, 0.15) is 79.0 Å². The lowest BCUT2D eigenvalue weighted by molar-refractivity contribution is 0.0391. The quantitative estimate of drug-likeness (QED) is 0.398. The molecule has 2 aromatic rings. The number of likely N-dealkylation sites (tertiary alicyclic amines) is 1. The van der Waals surface area contributed by atoms with E-state index in [9.17, 15) is 9.59 Å². The summed E-state index contributed by atoms with van der Waals surface area (Å²) in [6.07, 6.45) is 7.99. The first-order valence-corrected chi connectivity index (χ1v) is 15.7. The van der Waals surface area contributed by atoms with Crippen molar-refractivity contribution < 1.29 is 14.3 Å². The zero-order valence-corrected chi connectivity index (χ0v) is 25.5. The van der Waals surface area contributed by atoms with Gasteiger partial charge in [-0.1, -0.05) is 18.0 Å². The van der Waals surface area contributed by atoms with E-state index in [1.807, 2.05) is 26.0 Å². The lowest BCUT2D eigenvalue weighted by Gasteiger charge is -2.40. The third-order valence-corrected chi connectivity index (χ3v) is 9.33. The number of hydrogen-bond donors (Lipinski definition) is 2. The second-order valence-corrected chi connectivity index (χ2v) is 12.4. The number of ether oxygens (including phenoxy) is 2. The third-order valence-electron chi connectivity index (χ3n) is 8.93. The predicted octanol–water partition coefficient (Wildman–Crippen LogP) is 5.22. The highest BCUT2D eigenvalue weighted by molar-refractivity contribution is 6.36. The van der Waals surface area contributed by atoms with E-state index in [1.165, 1.54) is 32.4 Å². The van der Waals surface area contributed by atoms with Crippen LogP contribution in [0.25, 0.3) is 0 Å². The largest absolute Gasteiger partial charge is 0.490 e. The lowest BCUT2D eigenvalue weighted by Crippen LogP contribution is -2.43. The Morgan fingerprint density at radius 3 is 2.56 bits per heavy atom. The molecule has 1 aromatic heterocycles. The van der Waals surface area contributed by atoms with Crippen LogP contribution in [0.3, 0.4) is 0 Å². The van der Waals surface area contributed by atoms with E-state index in [1.54, 1.807) is 6.07 Å². The maximum atomic E-state index is 13.6. The molecule has 3 aliphatic rings. The SMILES string of the molecule is CCN(c1cc(OC2CC(CN3CCCCC3)C2)cc(C(=O)NCc2c(C)cc(C)[nH]c2=O)c1Cl)C1CCOCC1. The van der Waals surface area contributed by atoms with Crippen molar-refractivity contribution in [2.75, 3.05) is 44.3 Å². The standard InChI is InChI=1S/C32H45ClN4O4/c1-4-37(24-8-12-40-13-9-24)29-18-26(41-25-15-23(16-25)20-36-10-6-5-7-11-36)17-27(30(29)33)31(38)34-19-28-21(2)14-22(3)35-32(28)39/h14,17-18,23-25H,4-13,15-16,19-20H2,1-3H3,(H,34,38)(H,35,39). The summed E-state index contributed by atoms with van der Waals surface area (Å²) in [6, 6.07) is 5.96. The Balaban J connectivity index is 1.34. The van der Waals surface area contributed by atoms with Crippen molar-refractivity contribution in [2.24, 2.45) is 5.92 Å². The van der Waals surface area contributed by atoms with Gasteiger partial charge in [-0.2, -0.15) is 0 Å². The van der Waals surface area contributed by atoms with Crippen LogP contribution in [0.2, 0.25) is 5.02 Å². The number of hydrogen-bond acceptors (Lipinski definition) is 6. The van der Waals surface area contributed by atoms with Gasteiger partial charge in [-0.05, 0) is 96.0 Å². The molecule has 9 heteroatoms. The van der Waals surface area contributed by atoms with E-state index in [0.717, 1.165) is 55.7 Å². The Bertz CT molecular complexity index is 1260. The van der Waals surface area contributed by atoms with Gasteiger partial charge < -0.3 is 29.6 Å². The first-order valence-electron chi connectivity index (χ1n) is 15.4. The van der Waals surface area contributed by atoms with Crippen molar-refractivity contribution >= 4 is 23.2 Å². The monoisotopic (exact) mass is 584 g/mol. The Kier molecular flexibility index (Phi) is 9.94. The van der Waals surface area contributed by atoms with E-state index in [2.05, 4.69) is 27.0 Å². The molecule has 0 spiro atoms. The number of pyridine rings is 1. The van der Waals surface area contributed by atoms with Crippen molar-refractivity contribution in [1.82, 2.24) is 15.2 Å². The predicted molar refractivity (Wildman–Crippen MR) is 163 cm³/mol. The molecule has 0 bridgehead atoms. The molecule has 1 aromatic carbocycles. The number of aryl methyl sites for hydroxylation is 2. The number of nitrogens with one attached hydrogen (secondary N) is 2. The molecule has 5 rings (SSSR count). The van der Waals surface area contributed by atoms with Crippen molar-refractivity contribution in [2.45, 2.75) is 84.4 Å². The summed E-state index contributed by atoms with van der Waals surface area (Å²) in [4.78, 5) is 33.8. The third kappa shape index (κ3) is 7.27. The van der Waals surface area contributed by atoms with Crippen molar-refractivity contribution in [3.8, 4) is 5.75 Å². The molecular weight excluding hydrogens is 540 g/mol. The number of carbonyl (C=O) groups excluding carboxylic acids is 1. The average Bonchev–Trinajstić information content (AvgIpc) is 2.94. The van der Waals surface area contributed by atoms with Crippen LogP contribution in [-0.2, 0) is 11.3 Å². The molecule has 2 N–H and O–H groups in total. The fraction of sp³-hybridized carbons (Fsp3) is 0.625. The molecule has 2 aliphatic heterocycles. The normalized spacial score (nSPS) is 21.8. The lowest BCUT2D eigenvalue weighted by atomic mass is 9.81. The molecule has 224 valence electrons. The minimum absolute atomic E-state index is 0.120. The number of amides is 1. The fourth-order valence-electron chi connectivity index (χ4n) is 6.63. The molecule has 0 radical (unpaired) electrons. The van der Waals surface area contributed by atoms with E-state index in [0.29, 0.717) is 41.0 Å². The number of aromatic nitrogens is 1. The van der Waals surface area contributed by atoms with Gasteiger partial charge in [0.2, 0.25) is 0 Å². The Morgan fingerprint density at radius 1 is 1.15 bits per heavy atom. The van der Waals surface area contributed by atoms with E-state index in [4.69, 9.17) is 21.1 Å². The zero-order valence-electron chi connectivity index (χ0n) is 24.8. The number of halogens is 1. The molecule has 2 saturated heterocycles. The van der Waals surface area contributed by atoms with E-state index >= 15 is 0 Å². The van der Waals surface area contributed by atoms with Crippen molar-refractivity contribution in [1.29, 1.82) is 0 Å². The maximum Gasteiger partial charge on any atom is 0.253 e. The van der Waals surface area contributed by atoms with E-state index in [-0.39, 0.29) is 30.2 Å². The smallest absolute Gasteiger partial charge is 0.253 e. The number of benzene rings is 1. The molecule has 41 heavy (non-hydrogen) atoms. The molecule has 0 atom stereocenters. The summed E-state index contributed by atoms with van der Waals surface area (Å²) in [5.74, 6) is 1.02. The minimum atomic E-state index is -0.319. The van der Waals surface area contributed by atoms with Crippen LogP contribution in [0, 0.1) is 19.8 Å². The minimum Gasteiger partial charge on any atom is -0.490 e. The topological polar surface area (TPSA) is 86.9 Å². The van der Waals surface area contributed by atoms with E-state index < -0.39 is 0 Å². The molecule has 0 unspecified atom stereocenters. The highest BCUT2D eigenvalue weighted by atomic mass is 35.5. The summed E-state index contributed by atoms with van der Waals surface area (Å²) in [5.41, 5.74) is 3.18. The van der Waals surface area contributed by atoms with Gasteiger partial charge in [-0.25, -0.2) is 0 Å². The molecule has 1 saturated carbocycles. The number of piperidine rings is 1. The van der Waals surface area contributed by atoms with Crippen LogP contribution in [0.4, 0.5) is 5.69 Å². The van der Waals surface area contributed by atoms with Gasteiger partial charge in [0, 0.05) is 56.2 Å². The first kappa shape index (κ1) is 29.9. The summed E-state index contributed by atoms with van der Waals surface area (Å²) in [6.45, 7) is 11.7. The second kappa shape index (κ2) is 13.6. The second-order valence-electron chi connectivity index (χ2n) is 12.0. The van der Waals surface area contributed by atoms with Gasteiger partial charge in [0.25, 0.3) is 11.5 Å². The molecule has 3 fully saturated rings. The van der Waals surface area contributed by atoms with Crippen molar-refractivity contribution in [3.63, 3.8) is 0 Å². The van der Waals surface area contributed by atoms with Gasteiger partial charge in [-0.3, -0.25) is 9.59 Å². The maximum absolute atomic E-state index is 13.6. The molecule has 1 amide bonds. The van der Waals surface area contributed by atoms with Crippen LogP contribution in [0.5, 0.6) is 5.75 Å². The number of anilines is 1. The Hall–Kier alpha value is -2.55. The number of H-pyrrole nitrogens is 1. The fourth-order valence-corrected chi connectivity index (χ4v) is 6.94. The van der Waals surface area contributed by atoms with Gasteiger partial charge in [0.15, 0.2) is 0 Å². The number of nitrogens with zero attached hydrogens (tertiary/aromatic N) is 2. The highest BCUT2D eigenvalue weighted by Gasteiger charge is 2.33. The molecular formula is C32H45ClN4O4. The summed E-state index contributed by atoms with van der Waals surface area (Å²) < 4.78 is 12.1. The highest BCUT2D eigenvalue weighted by Crippen LogP contribution is 2.39. The molecule has 1 aliphatic carbocycles. The van der Waals surface area contributed by atoms with Crippen LogP contribution in [-0.4, -0.2) is 67.3 Å². The first-order chi connectivity index (χ1) is 19.8. The summed E-state index contributed by atoms with van der Waals surface area (Å²) >= 11 is 6.99. The number of aromatic amines is 1. The summed E-state index contributed by atoms with van der Waals surface area (Å²) in [5, 5.41) is 3.35. The van der Waals surface area contributed by atoms with Gasteiger partial charge >= 0.3 is 0 Å². The van der Waals surface area contributed by atoms with Crippen molar-refractivity contribution in [3.05, 3.63) is 56.0 Å². The van der Waals surface area contributed by atoms with Gasteiger partial charge in [0.05, 0.1) is 22.4 Å². The number of carbonyl (C=O) groups is 1. The van der Waals surface area contributed by atoms with Gasteiger partial charge in [0.1, 0.15) is 5.75 Å². The number of rotatable bonds is 10. The summed E-state index contributed by atoms with van der Waals surface area (Å²) in [7, 11) is 0. The molecule has 3 heterocycles.